The number of hydrogen-bond donors (Lipinski definition) is 1. The van der Waals surface area contributed by atoms with E-state index >= 15 is 0 Å². The molecule has 2 heterocycles. The molecule has 18 heavy (non-hydrogen) atoms. The number of carbonyl (C=O) groups excluding carboxylic acids is 1. The minimum absolute atomic E-state index is 0.00191. The van der Waals surface area contributed by atoms with Gasteiger partial charge in [-0.1, -0.05) is 6.07 Å². The molecule has 0 saturated heterocycles. The molecule has 2 aromatic carbocycles. The Bertz CT molecular complexity index is 693. The second-order valence-corrected chi connectivity index (χ2v) is 4.61. The van der Waals surface area contributed by atoms with E-state index in [9.17, 15) is 4.79 Å². The van der Waals surface area contributed by atoms with Gasteiger partial charge in [0.15, 0.2) is 11.5 Å². The number of ether oxygens (including phenoxy) is 2. The van der Waals surface area contributed by atoms with Crippen LogP contribution in [0.3, 0.4) is 0 Å². The van der Waals surface area contributed by atoms with Gasteiger partial charge in [-0.3, -0.25) is 4.79 Å². The number of amides is 1. The lowest BCUT2D eigenvalue weighted by molar-refractivity contribution is 0.0685. The second-order valence-electron chi connectivity index (χ2n) is 4.61. The van der Waals surface area contributed by atoms with Gasteiger partial charge in [-0.05, 0) is 29.1 Å². The molecule has 2 aliphatic heterocycles. The molecule has 4 nitrogen and oxygen atoms in total. The van der Waals surface area contributed by atoms with Crippen LogP contribution in [0.15, 0.2) is 24.3 Å². The maximum atomic E-state index is 11.6. The third kappa shape index (κ3) is 1.17. The van der Waals surface area contributed by atoms with Crippen molar-refractivity contribution in [3.63, 3.8) is 0 Å². The fourth-order valence-electron chi connectivity index (χ4n) is 2.58. The van der Waals surface area contributed by atoms with Crippen LogP contribution in [-0.4, -0.2) is 12.2 Å². The average Bonchev–Trinajstić information content (AvgIpc) is 2.90. The van der Waals surface area contributed by atoms with E-state index in [0.717, 1.165) is 33.4 Å². The highest BCUT2D eigenvalue weighted by atomic mass is 16.7. The summed E-state index contributed by atoms with van der Waals surface area (Å²) in [4.78, 5) is 11.6. The summed E-state index contributed by atoms with van der Waals surface area (Å²) >= 11 is 0. The number of hydrogen-bond acceptors (Lipinski definition) is 3. The Hall–Kier alpha value is -2.23. The zero-order valence-corrected chi connectivity index (χ0v) is 9.82. The van der Waals surface area contributed by atoms with Crippen LogP contribution in [0.2, 0.25) is 0 Å². The summed E-state index contributed by atoms with van der Waals surface area (Å²) in [5.74, 6) is 1.55. The first-order valence-corrected chi connectivity index (χ1v) is 5.93. The normalized spacial score (nSPS) is 20.1. The molecule has 0 aliphatic carbocycles. The molecule has 0 fully saturated rings. The zero-order chi connectivity index (χ0) is 12.3. The van der Waals surface area contributed by atoms with Crippen molar-refractivity contribution in [3.05, 3.63) is 35.4 Å². The van der Waals surface area contributed by atoms with Crippen molar-refractivity contribution in [1.29, 1.82) is 0 Å². The molecular weight excluding hydrogens is 230 g/mol. The number of carbonyl (C=O) groups is 1. The summed E-state index contributed by atoms with van der Waals surface area (Å²) in [6.07, 6.45) is -0.251. The number of fused-ring (bicyclic) bond motifs is 4. The van der Waals surface area contributed by atoms with E-state index in [1.807, 2.05) is 31.2 Å². The molecule has 2 aromatic rings. The van der Waals surface area contributed by atoms with E-state index in [-0.39, 0.29) is 12.2 Å². The number of benzene rings is 2. The first-order valence-electron chi connectivity index (χ1n) is 5.93. The van der Waals surface area contributed by atoms with E-state index < -0.39 is 0 Å². The fourth-order valence-corrected chi connectivity index (χ4v) is 2.58. The molecule has 90 valence electrons. The molecule has 2 aliphatic rings. The lowest BCUT2D eigenvalue weighted by Gasteiger charge is -2.05. The first-order chi connectivity index (χ1) is 8.72. The molecule has 1 unspecified atom stereocenters. The molecule has 1 atom stereocenters. The van der Waals surface area contributed by atoms with Gasteiger partial charge in [-0.25, -0.2) is 0 Å². The number of rotatable bonds is 0. The molecule has 0 bridgehead atoms. The van der Waals surface area contributed by atoms with Crippen LogP contribution < -0.4 is 14.8 Å². The van der Waals surface area contributed by atoms with Crippen molar-refractivity contribution in [1.82, 2.24) is 5.32 Å². The molecule has 1 N–H and O–H groups in total. The van der Waals surface area contributed by atoms with E-state index in [2.05, 4.69) is 5.32 Å². The minimum atomic E-state index is -0.251. The van der Waals surface area contributed by atoms with E-state index in [4.69, 9.17) is 9.47 Å². The van der Waals surface area contributed by atoms with E-state index in [1.165, 1.54) is 0 Å². The summed E-state index contributed by atoms with van der Waals surface area (Å²) in [5, 5.41) is 4.83. The molecule has 1 amide bonds. The Morgan fingerprint density at radius 1 is 1.28 bits per heavy atom. The van der Waals surface area contributed by atoms with Crippen molar-refractivity contribution in [3.8, 4) is 11.5 Å². The van der Waals surface area contributed by atoms with Gasteiger partial charge in [-0.2, -0.15) is 0 Å². The Kier molecular flexibility index (Phi) is 1.71. The van der Waals surface area contributed by atoms with Gasteiger partial charge >= 0.3 is 0 Å². The molecule has 4 heteroatoms. The van der Waals surface area contributed by atoms with Crippen LogP contribution in [0.4, 0.5) is 0 Å². The Labute approximate surface area is 103 Å². The monoisotopic (exact) mass is 241 g/mol. The van der Waals surface area contributed by atoms with Crippen LogP contribution in [-0.2, 0) is 6.54 Å². The van der Waals surface area contributed by atoms with Crippen LogP contribution in [0.25, 0.3) is 10.8 Å². The van der Waals surface area contributed by atoms with Crippen molar-refractivity contribution in [2.75, 3.05) is 0 Å². The summed E-state index contributed by atoms with van der Waals surface area (Å²) in [6, 6.07) is 7.78. The predicted molar refractivity (Wildman–Crippen MR) is 65.8 cm³/mol. The van der Waals surface area contributed by atoms with Crippen LogP contribution in [0.1, 0.15) is 22.8 Å². The van der Waals surface area contributed by atoms with Gasteiger partial charge in [0.05, 0.1) is 0 Å². The summed E-state index contributed by atoms with van der Waals surface area (Å²) in [7, 11) is 0. The molecule has 4 rings (SSSR count). The zero-order valence-electron chi connectivity index (χ0n) is 9.82. The standard InChI is InChI=1S/C14H11NO3/c1-7-17-12-3-2-8-4-11-9(6-15-14(11)16)5-10(8)13(12)18-7/h2-5,7H,6H2,1H3,(H,15,16). The quantitative estimate of drug-likeness (QED) is 0.769. The molecule has 0 spiro atoms. The highest BCUT2D eigenvalue weighted by Gasteiger charge is 2.25. The van der Waals surface area contributed by atoms with Crippen LogP contribution in [0.5, 0.6) is 11.5 Å². The van der Waals surface area contributed by atoms with Gasteiger partial charge in [0.1, 0.15) is 0 Å². The first kappa shape index (κ1) is 9.76. The summed E-state index contributed by atoms with van der Waals surface area (Å²) < 4.78 is 11.2. The Balaban J connectivity index is 2.02. The number of nitrogens with one attached hydrogen (secondary N) is 1. The van der Waals surface area contributed by atoms with Crippen molar-refractivity contribution < 1.29 is 14.3 Å². The van der Waals surface area contributed by atoms with Crippen molar-refractivity contribution in [2.45, 2.75) is 19.8 Å². The Morgan fingerprint density at radius 3 is 3.06 bits per heavy atom. The lowest BCUT2D eigenvalue weighted by Crippen LogP contribution is -2.12. The fraction of sp³-hybridized carbons (Fsp3) is 0.214. The summed E-state index contributed by atoms with van der Waals surface area (Å²) in [5.41, 5.74) is 1.78. The lowest BCUT2D eigenvalue weighted by atomic mass is 10.0. The van der Waals surface area contributed by atoms with Gasteiger partial charge in [0, 0.05) is 24.4 Å². The highest BCUT2D eigenvalue weighted by Crippen LogP contribution is 2.42. The third-order valence-corrected chi connectivity index (χ3v) is 3.42. The van der Waals surface area contributed by atoms with Gasteiger partial charge in [-0.15, -0.1) is 0 Å². The SMILES string of the molecule is CC1Oc2ccc3cc4c(cc3c2O1)CNC4=O. The summed E-state index contributed by atoms with van der Waals surface area (Å²) in [6.45, 7) is 2.45. The Morgan fingerprint density at radius 2 is 2.17 bits per heavy atom. The minimum Gasteiger partial charge on any atom is -0.451 e. The van der Waals surface area contributed by atoms with Gasteiger partial charge in [0.2, 0.25) is 6.29 Å². The molecule has 0 aromatic heterocycles. The predicted octanol–water partition coefficient (Wildman–Crippen LogP) is 2.20. The smallest absolute Gasteiger partial charge is 0.251 e. The molecular formula is C14H11NO3. The van der Waals surface area contributed by atoms with Gasteiger partial charge in [0.25, 0.3) is 5.91 Å². The van der Waals surface area contributed by atoms with Crippen molar-refractivity contribution >= 4 is 16.7 Å². The highest BCUT2D eigenvalue weighted by molar-refractivity contribution is 6.04. The molecule has 0 radical (unpaired) electrons. The van der Waals surface area contributed by atoms with Crippen molar-refractivity contribution in [2.24, 2.45) is 0 Å². The van der Waals surface area contributed by atoms with E-state index in [1.54, 1.807) is 0 Å². The van der Waals surface area contributed by atoms with Crippen LogP contribution >= 0.6 is 0 Å². The van der Waals surface area contributed by atoms with Gasteiger partial charge < -0.3 is 14.8 Å². The maximum absolute atomic E-state index is 11.6. The largest absolute Gasteiger partial charge is 0.451 e. The van der Waals surface area contributed by atoms with E-state index in [0.29, 0.717) is 6.54 Å². The third-order valence-electron chi connectivity index (χ3n) is 3.42. The average molecular weight is 241 g/mol. The van der Waals surface area contributed by atoms with Crippen LogP contribution in [0, 0.1) is 0 Å². The molecule has 0 saturated carbocycles. The second kappa shape index (κ2) is 3.16. The topological polar surface area (TPSA) is 47.6 Å². The maximum Gasteiger partial charge on any atom is 0.251 e.